The Morgan fingerprint density at radius 1 is 1.18 bits per heavy atom. The van der Waals surface area contributed by atoms with Crippen molar-refractivity contribution in [1.82, 2.24) is 9.03 Å². The molecule has 1 amide bonds. The van der Waals surface area contributed by atoms with E-state index in [0.29, 0.717) is 26.1 Å². The Bertz CT molecular complexity index is 961. The van der Waals surface area contributed by atoms with E-state index in [9.17, 15) is 35.2 Å². The van der Waals surface area contributed by atoms with Crippen LogP contribution in [0, 0.1) is 11.6 Å². The summed E-state index contributed by atoms with van der Waals surface area (Å²) in [4.78, 5) is 12.0. The lowest BCUT2D eigenvalue weighted by atomic mass is 9.92. The van der Waals surface area contributed by atoms with Gasteiger partial charge in [-0.3, -0.25) is 4.79 Å². The summed E-state index contributed by atoms with van der Waals surface area (Å²) >= 11 is 1.10. The van der Waals surface area contributed by atoms with Crippen LogP contribution in [0.2, 0.25) is 0 Å². The van der Waals surface area contributed by atoms with Crippen LogP contribution in [0.25, 0.3) is 0 Å². The molecule has 0 spiro atoms. The van der Waals surface area contributed by atoms with Crippen molar-refractivity contribution in [2.24, 2.45) is 0 Å². The minimum Gasteiger partial charge on any atom is -0.268 e. The van der Waals surface area contributed by atoms with Gasteiger partial charge in [0.15, 0.2) is 11.6 Å². The second-order valence-electron chi connectivity index (χ2n) is 6.11. The van der Waals surface area contributed by atoms with Crippen LogP contribution in [0.5, 0.6) is 0 Å². The Balaban J connectivity index is 2.37. The number of hydrogen-bond donors (Lipinski definition) is 1. The number of benzene rings is 1. The Labute approximate surface area is 162 Å². The minimum atomic E-state index is -5.09. The summed E-state index contributed by atoms with van der Waals surface area (Å²) < 4.78 is 94.1. The van der Waals surface area contributed by atoms with Crippen molar-refractivity contribution in [3.63, 3.8) is 0 Å². The molecule has 12 heteroatoms. The van der Waals surface area contributed by atoms with Crippen LogP contribution in [0.3, 0.4) is 0 Å². The molecule has 1 unspecified atom stereocenters. The van der Waals surface area contributed by atoms with Crippen molar-refractivity contribution in [2.45, 2.75) is 25.1 Å². The van der Waals surface area contributed by atoms with E-state index in [4.69, 9.17) is 0 Å². The highest BCUT2D eigenvalue weighted by Gasteiger charge is 2.57. The zero-order valence-electron chi connectivity index (χ0n) is 14.5. The highest BCUT2D eigenvalue weighted by molar-refractivity contribution is 7.87. The van der Waals surface area contributed by atoms with Gasteiger partial charge in [-0.2, -0.15) is 37.2 Å². The predicted molar refractivity (Wildman–Crippen MR) is 93.0 cm³/mol. The fraction of sp³-hybridized carbons (Fsp3) is 0.312. The third-order valence-corrected chi connectivity index (χ3v) is 6.45. The van der Waals surface area contributed by atoms with Gasteiger partial charge in [0.1, 0.15) is 5.54 Å². The Kier molecular flexibility index (Phi) is 6.16. The maximum atomic E-state index is 13.8. The van der Waals surface area contributed by atoms with Crippen LogP contribution in [0.15, 0.2) is 35.0 Å². The Hall–Kier alpha value is -2.05. The molecule has 1 heterocycles. The number of halogens is 5. The van der Waals surface area contributed by atoms with Gasteiger partial charge >= 0.3 is 16.4 Å². The van der Waals surface area contributed by atoms with Gasteiger partial charge < -0.3 is 0 Å². The number of thiophene rings is 1. The topological polar surface area (TPSA) is 66.5 Å². The molecule has 1 aromatic heterocycles. The molecule has 0 bridgehead atoms. The highest BCUT2D eigenvalue weighted by Crippen LogP contribution is 2.38. The molecule has 0 aliphatic carbocycles. The number of nitrogens with one attached hydrogen (secondary N) is 1. The summed E-state index contributed by atoms with van der Waals surface area (Å²) in [6.45, 7) is 0.586. The number of rotatable bonds is 6. The summed E-state index contributed by atoms with van der Waals surface area (Å²) in [5.41, 5.74) is -3.35. The standard InChI is InChI=1S/C16H15F5N2O3S2/c1-15(16(19,20)21,8-10-3-4-12(17)13(18)7-10)23(2)28(25,26)22-14(24)11-5-6-27-9-11/h3-7,9H,8H2,1-2H3,(H,22,24). The molecule has 1 atom stereocenters. The first-order chi connectivity index (χ1) is 12.8. The van der Waals surface area contributed by atoms with E-state index < -0.39 is 45.9 Å². The quantitative estimate of drug-likeness (QED) is 0.697. The second kappa shape index (κ2) is 7.76. The zero-order valence-corrected chi connectivity index (χ0v) is 16.2. The molecule has 154 valence electrons. The third kappa shape index (κ3) is 4.50. The van der Waals surface area contributed by atoms with Gasteiger partial charge in [0, 0.05) is 18.8 Å². The monoisotopic (exact) mass is 442 g/mol. The number of amides is 1. The molecule has 0 aliphatic rings. The molecule has 2 rings (SSSR count). The summed E-state index contributed by atoms with van der Waals surface area (Å²) in [5.74, 6) is -3.70. The van der Waals surface area contributed by atoms with Gasteiger partial charge in [-0.05, 0) is 36.1 Å². The SMILES string of the molecule is CN(C(C)(Cc1ccc(F)c(F)c1)C(F)(F)F)S(=O)(=O)NC(=O)c1ccsc1. The first-order valence-corrected chi connectivity index (χ1v) is 10.00. The van der Waals surface area contributed by atoms with Crippen molar-refractivity contribution in [2.75, 3.05) is 7.05 Å². The van der Waals surface area contributed by atoms with E-state index in [1.165, 1.54) is 16.8 Å². The molecular weight excluding hydrogens is 427 g/mol. The number of alkyl halides is 3. The van der Waals surface area contributed by atoms with E-state index in [2.05, 4.69) is 0 Å². The first-order valence-electron chi connectivity index (χ1n) is 7.62. The zero-order chi connectivity index (χ0) is 21.3. The molecule has 1 N–H and O–H groups in total. The molecule has 0 saturated heterocycles. The molecule has 5 nitrogen and oxygen atoms in total. The van der Waals surface area contributed by atoms with Gasteiger partial charge in [0.2, 0.25) is 0 Å². The lowest BCUT2D eigenvalue weighted by Gasteiger charge is -2.39. The number of likely N-dealkylation sites (N-methyl/N-ethyl adjacent to an activating group) is 1. The molecule has 0 saturated carbocycles. The maximum Gasteiger partial charge on any atom is 0.407 e. The van der Waals surface area contributed by atoms with Crippen molar-refractivity contribution >= 4 is 27.5 Å². The van der Waals surface area contributed by atoms with Crippen LogP contribution >= 0.6 is 11.3 Å². The van der Waals surface area contributed by atoms with E-state index >= 15 is 0 Å². The van der Waals surface area contributed by atoms with Gasteiger partial charge in [0.05, 0.1) is 5.56 Å². The van der Waals surface area contributed by atoms with E-state index in [-0.39, 0.29) is 15.4 Å². The van der Waals surface area contributed by atoms with Crippen LogP contribution in [-0.2, 0) is 16.6 Å². The van der Waals surface area contributed by atoms with E-state index in [1.54, 1.807) is 4.72 Å². The summed E-state index contributed by atoms with van der Waals surface area (Å²) in [6.07, 6.45) is -6.09. The molecular formula is C16H15F5N2O3S2. The van der Waals surface area contributed by atoms with Gasteiger partial charge in [-0.25, -0.2) is 13.5 Å². The van der Waals surface area contributed by atoms with Crippen LogP contribution in [0.1, 0.15) is 22.8 Å². The normalized spacial score (nSPS) is 14.7. The Morgan fingerprint density at radius 2 is 1.82 bits per heavy atom. The fourth-order valence-electron chi connectivity index (χ4n) is 2.34. The number of carbonyl (C=O) groups excluding carboxylic acids is 1. The highest BCUT2D eigenvalue weighted by atomic mass is 32.2. The van der Waals surface area contributed by atoms with E-state index in [0.717, 1.165) is 17.4 Å². The molecule has 28 heavy (non-hydrogen) atoms. The molecule has 0 aliphatic heterocycles. The second-order valence-corrected chi connectivity index (χ2v) is 8.59. The molecule has 1 aromatic carbocycles. The minimum absolute atomic E-state index is 0.0312. The maximum absolute atomic E-state index is 13.8. The largest absolute Gasteiger partial charge is 0.407 e. The van der Waals surface area contributed by atoms with Crippen molar-refractivity contribution in [1.29, 1.82) is 0 Å². The lowest BCUT2D eigenvalue weighted by Crippen LogP contribution is -2.61. The average Bonchev–Trinajstić information content (AvgIpc) is 3.10. The summed E-state index contributed by atoms with van der Waals surface area (Å²) in [5, 5.41) is 2.82. The molecule has 0 radical (unpaired) electrons. The smallest absolute Gasteiger partial charge is 0.268 e. The number of hydrogen-bond acceptors (Lipinski definition) is 4. The number of carbonyl (C=O) groups is 1. The van der Waals surface area contributed by atoms with Gasteiger partial charge in [-0.1, -0.05) is 6.07 Å². The van der Waals surface area contributed by atoms with Gasteiger partial charge in [0.25, 0.3) is 5.91 Å². The van der Waals surface area contributed by atoms with Crippen LogP contribution in [0.4, 0.5) is 22.0 Å². The predicted octanol–water partition coefficient (Wildman–Crippen LogP) is 3.50. The fourth-order valence-corrected chi connectivity index (χ4v) is 4.16. The van der Waals surface area contributed by atoms with E-state index in [1.807, 2.05) is 0 Å². The molecule has 0 fully saturated rings. The van der Waals surface area contributed by atoms with Crippen molar-refractivity contribution < 1.29 is 35.2 Å². The third-order valence-electron chi connectivity index (χ3n) is 4.20. The first kappa shape index (κ1) is 22.2. The summed E-state index contributed by atoms with van der Waals surface area (Å²) in [7, 11) is -4.26. The van der Waals surface area contributed by atoms with Crippen LogP contribution < -0.4 is 4.72 Å². The van der Waals surface area contributed by atoms with Gasteiger partial charge in [-0.15, -0.1) is 0 Å². The summed E-state index contributed by atoms with van der Waals surface area (Å²) in [6, 6.07) is 3.44. The average molecular weight is 442 g/mol. The van der Waals surface area contributed by atoms with Crippen molar-refractivity contribution in [3.05, 3.63) is 57.8 Å². The molecule has 2 aromatic rings. The lowest BCUT2D eigenvalue weighted by molar-refractivity contribution is -0.208. The Morgan fingerprint density at radius 3 is 2.32 bits per heavy atom. The van der Waals surface area contributed by atoms with Crippen molar-refractivity contribution in [3.8, 4) is 0 Å². The van der Waals surface area contributed by atoms with Crippen LogP contribution in [-0.4, -0.2) is 37.4 Å². The number of nitrogens with zero attached hydrogens (tertiary/aromatic N) is 1.